The third-order valence-corrected chi connectivity index (χ3v) is 5.47. The number of benzene rings is 2. The van der Waals surface area contributed by atoms with E-state index in [0.29, 0.717) is 35.7 Å². The lowest BCUT2D eigenvalue weighted by Gasteiger charge is -2.35. The highest BCUT2D eigenvalue weighted by atomic mass is 16.5. The SMILES string of the molecule is COC(=O)c1ccc(NC(=O)N2CCc3[nH]cnc3[C@H]2c2cc(OC)ccc2OC)cc1. The first kappa shape index (κ1) is 21.2. The molecule has 3 aromatic rings. The molecule has 1 aliphatic heterocycles. The van der Waals surface area contributed by atoms with E-state index in [9.17, 15) is 9.59 Å². The van der Waals surface area contributed by atoms with Crippen LogP contribution in [0.4, 0.5) is 10.5 Å². The molecule has 9 nitrogen and oxygen atoms in total. The second kappa shape index (κ2) is 9.01. The number of carbonyl (C=O) groups excluding carboxylic acids is 2. The number of carbonyl (C=O) groups is 2. The van der Waals surface area contributed by atoms with Gasteiger partial charge in [-0.2, -0.15) is 0 Å². The van der Waals surface area contributed by atoms with E-state index in [1.54, 1.807) is 49.7 Å². The van der Waals surface area contributed by atoms with Gasteiger partial charge in [-0.05, 0) is 42.5 Å². The molecule has 1 atom stereocenters. The molecule has 2 N–H and O–H groups in total. The first-order valence-electron chi connectivity index (χ1n) is 10.1. The van der Waals surface area contributed by atoms with Crippen LogP contribution in [0.1, 0.15) is 33.4 Å². The lowest BCUT2D eigenvalue weighted by atomic mass is 9.95. The van der Waals surface area contributed by atoms with Crippen LogP contribution in [0.5, 0.6) is 11.5 Å². The molecular formula is C23H24N4O5. The van der Waals surface area contributed by atoms with Crippen molar-refractivity contribution in [1.29, 1.82) is 0 Å². The van der Waals surface area contributed by atoms with Crippen molar-refractivity contribution < 1.29 is 23.8 Å². The molecule has 32 heavy (non-hydrogen) atoms. The van der Waals surface area contributed by atoms with Crippen LogP contribution in [0.3, 0.4) is 0 Å². The van der Waals surface area contributed by atoms with Crippen molar-refractivity contribution in [2.75, 3.05) is 33.2 Å². The van der Waals surface area contributed by atoms with Crippen LogP contribution >= 0.6 is 0 Å². The third kappa shape index (κ3) is 3.96. The Morgan fingerprint density at radius 2 is 1.88 bits per heavy atom. The van der Waals surface area contributed by atoms with Gasteiger partial charge in [0.25, 0.3) is 0 Å². The molecule has 4 rings (SSSR count). The number of esters is 1. The Kier molecular flexibility index (Phi) is 5.98. The number of methoxy groups -OCH3 is 3. The largest absolute Gasteiger partial charge is 0.497 e. The van der Waals surface area contributed by atoms with Crippen molar-refractivity contribution in [1.82, 2.24) is 14.9 Å². The Morgan fingerprint density at radius 1 is 1.09 bits per heavy atom. The number of rotatable bonds is 5. The molecule has 0 radical (unpaired) electrons. The van der Waals surface area contributed by atoms with E-state index in [-0.39, 0.29) is 6.03 Å². The monoisotopic (exact) mass is 436 g/mol. The zero-order chi connectivity index (χ0) is 22.7. The van der Waals surface area contributed by atoms with Crippen LogP contribution in [0.25, 0.3) is 0 Å². The number of urea groups is 1. The number of aromatic nitrogens is 2. The molecule has 166 valence electrons. The summed E-state index contributed by atoms with van der Waals surface area (Å²) in [4.78, 5) is 34.4. The first-order valence-corrected chi connectivity index (χ1v) is 10.1. The summed E-state index contributed by atoms with van der Waals surface area (Å²) in [5, 5.41) is 2.91. The Morgan fingerprint density at radius 3 is 2.56 bits per heavy atom. The number of hydrogen-bond acceptors (Lipinski definition) is 6. The molecule has 0 saturated carbocycles. The van der Waals surface area contributed by atoms with Gasteiger partial charge >= 0.3 is 12.0 Å². The van der Waals surface area contributed by atoms with E-state index in [0.717, 1.165) is 17.0 Å². The molecule has 2 amide bonds. The average Bonchev–Trinajstić information content (AvgIpc) is 3.32. The Hall–Kier alpha value is -4.01. The van der Waals surface area contributed by atoms with E-state index in [4.69, 9.17) is 14.2 Å². The highest BCUT2D eigenvalue weighted by Gasteiger charge is 2.36. The van der Waals surface area contributed by atoms with Gasteiger partial charge in [-0.25, -0.2) is 14.6 Å². The fourth-order valence-corrected chi connectivity index (χ4v) is 3.87. The summed E-state index contributed by atoms with van der Waals surface area (Å²) in [6.07, 6.45) is 2.28. The highest BCUT2D eigenvalue weighted by Crippen LogP contribution is 2.39. The molecule has 1 aliphatic rings. The molecule has 0 saturated heterocycles. The maximum absolute atomic E-state index is 13.3. The van der Waals surface area contributed by atoms with Gasteiger partial charge in [-0.15, -0.1) is 0 Å². The predicted octanol–water partition coefficient (Wildman–Crippen LogP) is 3.39. The van der Waals surface area contributed by atoms with Crippen molar-refractivity contribution in [3.63, 3.8) is 0 Å². The number of aromatic amines is 1. The summed E-state index contributed by atoms with van der Waals surface area (Å²) in [6, 6.07) is 11.3. The number of ether oxygens (including phenoxy) is 3. The number of nitrogens with zero attached hydrogens (tertiary/aromatic N) is 2. The second-order valence-corrected chi connectivity index (χ2v) is 7.22. The Bertz CT molecular complexity index is 1130. The molecule has 1 aromatic heterocycles. The summed E-state index contributed by atoms with van der Waals surface area (Å²) in [6.45, 7) is 0.478. The Balaban J connectivity index is 1.67. The molecule has 9 heteroatoms. The van der Waals surface area contributed by atoms with E-state index in [1.807, 2.05) is 18.2 Å². The van der Waals surface area contributed by atoms with Gasteiger partial charge in [0.1, 0.15) is 17.5 Å². The predicted molar refractivity (Wildman–Crippen MR) is 117 cm³/mol. The fourth-order valence-electron chi connectivity index (χ4n) is 3.87. The van der Waals surface area contributed by atoms with E-state index in [2.05, 4.69) is 15.3 Å². The highest BCUT2D eigenvalue weighted by molar-refractivity contribution is 5.92. The molecule has 0 unspecified atom stereocenters. The number of hydrogen-bond donors (Lipinski definition) is 2. The van der Waals surface area contributed by atoms with Gasteiger partial charge in [0.2, 0.25) is 0 Å². The topological polar surface area (TPSA) is 106 Å². The third-order valence-electron chi connectivity index (χ3n) is 5.47. The van der Waals surface area contributed by atoms with Gasteiger partial charge in [0.15, 0.2) is 0 Å². The van der Waals surface area contributed by atoms with Gasteiger partial charge < -0.3 is 29.4 Å². The van der Waals surface area contributed by atoms with Crippen molar-refractivity contribution in [2.24, 2.45) is 0 Å². The van der Waals surface area contributed by atoms with E-state index in [1.165, 1.54) is 7.11 Å². The molecule has 2 heterocycles. The summed E-state index contributed by atoms with van der Waals surface area (Å²) in [5.41, 5.74) is 3.48. The van der Waals surface area contributed by atoms with Crippen LogP contribution in [-0.4, -0.2) is 54.7 Å². The number of fused-ring (bicyclic) bond motifs is 1. The fraction of sp³-hybridized carbons (Fsp3) is 0.261. The maximum Gasteiger partial charge on any atom is 0.337 e. The van der Waals surface area contributed by atoms with Crippen LogP contribution in [-0.2, 0) is 11.2 Å². The number of imidazole rings is 1. The lowest BCUT2D eigenvalue weighted by Crippen LogP contribution is -2.43. The number of anilines is 1. The zero-order valence-corrected chi connectivity index (χ0v) is 18.0. The van der Waals surface area contributed by atoms with E-state index >= 15 is 0 Å². The minimum atomic E-state index is -0.468. The van der Waals surface area contributed by atoms with Gasteiger partial charge in [-0.1, -0.05) is 0 Å². The minimum absolute atomic E-state index is 0.292. The van der Waals surface area contributed by atoms with Gasteiger partial charge in [0.05, 0.1) is 38.9 Å². The van der Waals surface area contributed by atoms with Crippen molar-refractivity contribution in [3.8, 4) is 11.5 Å². The number of nitrogens with one attached hydrogen (secondary N) is 2. The molecule has 0 spiro atoms. The quantitative estimate of drug-likeness (QED) is 0.594. The van der Waals surface area contributed by atoms with Crippen LogP contribution in [0, 0.1) is 0 Å². The van der Waals surface area contributed by atoms with Crippen molar-refractivity contribution in [3.05, 3.63) is 71.3 Å². The molecular weight excluding hydrogens is 412 g/mol. The summed E-state index contributed by atoms with van der Waals surface area (Å²) < 4.78 is 15.7. The number of amides is 2. The first-order chi connectivity index (χ1) is 15.5. The van der Waals surface area contributed by atoms with Crippen molar-refractivity contribution >= 4 is 17.7 Å². The normalized spacial score (nSPS) is 15.0. The molecule has 0 fully saturated rings. The number of H-pyrrole nitrogens is 1. The summed E-state index contributed by atoms with van der Waals surface area (Å²) in [5.74, 6) is 0.851. The van der Waals surface area contributed by atoms with Crippen LogP contribution in [0.15, 0.2) is 48.8 Å². The molecule has 2 aromatic carbocycles. The lowest BCUT2D eigenvalue weighted by molar-refractivity contribution is 0.0600. The maximum atomic E-state index is 13.3. The van der Waals surface area contributed by atoms with Gasteiger partial charge in [0, 0.05) is 29.9 Å². The Labute approximate surface area is 185 Å². The second-order valence-electron chi connectivity index (χ2n) is 7.22. The smallest absolute Gasteiger partial charge is 0.337 e. The average molecular weight is 436 g/mol. The molecule has 0 bridgehead atoms. The van der Waals surface area contributed by atoms with Crippen LogP contribution in [0.2, 0.25) is 0 Å². The zero-order valence-electron chi connectivity index (χ0n) is 18.0. The van der Waals surface area contributed by atoms with Gasteiger partial charge in [-0.3, -0.25) is 0 Å². The molecule has 0 aliphatic carbocycles. The standard InChI is InChI=1S/C23H24N4O5/c1-30-16-8-9-19(31-2)17(12-16)21-20-18(24-13-25-20)10-11-27(21)23(29)26-15-6-4-14(5-7-15)22(28)32-3/h4-9,12-13,21H,10-11H2,1-3H3,(H,24,25)(H,26,29)/t21-/m1/s1. The summed E-state index contributed by atoms with van der Waals surface area (Å²) in [7, 11) is 4.51. The van der Waals surface area contributed by atoms with Crippen molar-refractivity contribution in [2.45, 2.75) is 12.5 Å². The van der Waals surface area contributed by atoms with E-state index < -0.39 is 12.0 Å². The van der Waals surface area contributed by atoms with Crippen LogP contribution < -0.4 is 14.8 Å². The summed E-state index contributed by atoms with van der Waals surface area (Å²) >= 11 is 0. The minimum Gasteiger partial charge on any atom is -0.497 e.